The zero-order valence-electron chi connectivity index (χ0n) is 14.9. The average molecular weight is 373 g/mol. The predicted octanol–water partition coefficient (Wildman–Crippen LogP) is 1.77. The van der Waals surface area contributed by atoms with Gasteiger partial charge in [-0.25, -0.2) is 13.8 Å². The molecule has 2 aromatic heterocycles. The van der Waals surface area contributed by atoms with E-state index in [1.165, 1.54) is 19.3 Å². The van der Waals surface area contributed by atoms with Crippen molar-refractivity contribution in [1.82, 2.24) is 25.4 Å². The molecule has 27 heavy (non-hydrogen) atoms. The molecule has 0 aliphatic heterocycles. The Morgan fingerprint density at radius 2 is 1.93 bits per heavy atom. The van der Waals surface area contributed by atoms with Gasteiger partial charge in [0.1, 0.15) is 6.04 Å². The van der Waals surface area contributed by atoms with Crippen molar-refractivity contribution < 1.29 is 18.4 Å². The zero-order valence-corrected chi connectivity index (χ0v) is 14.9. The first-order valence-corrected chi connectivity index (χ1v) is 8.08. The SMILES string of the molecule is CNC(=O)C(NC(=O)c1cnc2c(c1)c(C)nn2C)c1ccc(F)c(F)c1. The third kappa shape index (κ3) is 3.48. The third-order valence-electron chi connectivity index (χ3n) is 4.19. The number of nitrogens with one attached hydrogen (secondary N) is 2. The van der Waals surface area contributed by atoms with Gasteiger partial charge in [-0.05, 0) is 30.7 Å². The van der Waals surface area contributed by atoms with Gasteiger partial charge in [0.05, 0.1) is 11.3 Å². The molecule has 0 saturated heterocycles. The summed E-state index contributed by atoms with van der Waals surface area (Å²) >= 11 is 0. The van der Waals surface area contributed by atoms with Crippen molar-refractivity contribution in [3.63, 3.8) is 0 Å². The summed E-state index contributed by atoms with van der Waals surface area (Å²) in [4.78, 5) is 29.0. The quantitative estimate of drug-likeness (QED) is 0.730. The number of fused-ring (bicyclic) bond motifs is 1. The van der Waals surface area contributed by atoms with Gasteiger partial charge in [0.2, 0.25) is 5.91 Å². The third-order valence-corrected chi connectivity index (χ3v) is 4.19. The van der Waals surface area contributed by atoms with Crippen molar-refractivity contribution in [2.75, 3.05) is 7.05 Å². The summed E-state index contributed by atoms with van der Waals surface area (Å²) < 4.78 is 28.3. The van der Waals surface area contributed by atoms with Crippen molar-refractivity contribution in [2.24, 2.45) is 7.05 Å². The Kier molecular flexibility index (Phi) is 4.85. The fourth-order valence-electron chi connectivity index (χ4n) is 2.78. The fraction of sp³-hybridized carbons (Fsp3) is 0.222. The summed E-state index contributed by atoms with van der Waals surface area (Å²) in [5.74, 6) is -3.29. The van der Waals surface area contributed by atoms with Crippen molar-refractivity contribution in [2.45, 2.75) is 13.0 Å². The van der Waals surface area contributed by atoms with Crippen molar-refractivity contribution >= 4 is 22.8 Å². The molecule has 7 nitrogen and oxygen atoms in total. The molecule has 0 aliphatic carbocycles. The van der Waals surface area contributed by atoms with Gasteiger partial charge in [0.15, 0.2) is 17.3 Å². The van der Waals surface area contributed by atoms with Gasteiger partial charge in [0.25, 0.3) is 5.91 Å². The summed E-state index contributed by atoms with van der Waals surface area (Å²) in [6.07, 6.45) is 1.37. The van der Waals surface area contributed by atoms with E-state index in [2.05, 4.69) is 20.7 Å². The monoisotopic (exact) mass is 373 g/mol. The van der Waals surface area contributed by atoms with Crippen LogP contribution in [-0.2, 0) is 11.8 Å². The lowest BCUT2D eigenvalue weighted by molar-refractivity contribution is -0.122. The van der Waals surface area contributed by atoms with E-state index in [1.54, 1.807) is 24.7 Å². The van der Waals surface area contributed by atoms with Gasteiger partial charge in [-0.1, -0.05) is 6.07 Å². The molecule has 0 radical (unpaired) electrons. The molecule has 140 valence electrons. The van der Waals surface area contributed by atoms with E-state index in [0.717, 1.165) is 12.1 Å². The van der Waals surface area contributed by atoms with Gasteiger partial charge in [0, 0.05) is 25.7 Å². The van der Waals surface area contributed by atoms with Crippen LogP contribution < -0.4 is 10.6 Å². The van der Waals surface area contributed by atoms with E-state index < -0.39 is 29.5 Å². The molecule has 0 spiro atoms. The number of hydrogen-bond acceptors (Lipinski definition) is 4. The first-order chi connectivity index (χ1) is 12.8. The number of rotatable bonds is 4. The Labute approximate surface area is 153 Å². The highest BCUT2D eigenvalue weighted by molar-refractivity contribution is 6.00. The van der Waals surface area contributed by atoms with Gasteiger partial charge in [-0.3, -0.25) is 14.3 Å². The van der Waals surface area contributed by atoms with Crippen LogP contribution in [0.5, 0.6) is 0 Å². The number of likely N-dealkylation sites (N-methyl/N-ethyl adjacent to an activating group) is 1. The van der Waals surface area contributed by atoms with Crippen LogP contribution >= 0.6 is 0 Å². The Hall–Kier alpha value is -3.36. The number of pyridine rings is 1. The Morgan fingerprint density at radius 3 is 2.59 bits per heavy atom. The molecule has 0 aliphatic rings. The topological polar surface area (TPSA) is 88.9 Å². The van der Waals surface area contributed by atoms with Crippen LogP contribution in [0.15, 0.2) is 30.5 Å². The van der Waals surface area contributed by atoms with E-state index in [4.69, 9.17) is 0 Å². The fourth-order valence-corrected chi connectivity index (χ4v) is 2.78. The standard InChI is InChI=1S/C18H17F2N5O2/c1-9-12-6-11(8-22-16(12)25(3)24-9)17(26)23-15(18(27)21-2)10-4-5-13(19)14(20)7-10/h4-8,15H,1-3H3,(H,21,27)(H,23,26). The molecule has 2 heterocycles. The minimum absolute atomic E-state index is 0.119. The van der Waals surface area contributed by atoms with E-state index in [0.29, 0.717) is 16.7 Å². The van der Waals surface area contributed by atoms with Crippen molar-refractivity contribution in [1.29, 1.82) is 0 Å². The summed E-state index contributed by atoms with van der Waals surface area (Å²) in [6.45, 7) is 1.79. The Morgan fingerprint density at radius 1 is 1.19 bits per heavy atom. The molecule has 0 bridgehead atoms. The van der Waals surface area contributed by atoms with Crippen LogP contribution in [-0.4, -0.2) is 33.6 Å². The Balaban J connectivity index is 1.93. The van der Waals surface area contributed by atoms with E-state index in [-0.39, 0.29) is 11.1 Å². The highest BCUT2D eigenvalue weighted by Crippen LogP contribution is 2.20. The van der Waals surface area contributed by atoms with E-state index in [9.17, 15) is 18.4 Å². The van der Waals surface area contributed by atoms with Crippen molar-refractivity contribution in [3.05, 3.63) is 58.9 Å². The molecule has 1 unspecified atom stereocenters. The lowest BCUT2D eigenvalue weighted by Crippen LogP contribution is -2.39. The van der Waals surface area contributed by atoms with Gasteiger partial charge in [-0.2, -0.15) is 5.10 Å². The normalized spacial score (nSPS) is 12.0. The number of halogens is 2. The van der Waals surface area contributed by atoms with Gasteiger partial charge < -0.3 is 10.6 Å². The van der Waals surface area contributed by atoms with Crippen LogP contribution in [0.25, 0.3) is 11.0 Å². The second kappa shape index (κ2) is 7.10. The lowest BCUT2D eigenvalue weighted by atomic mass is 10.0. The predicted molar refractivity (Wildman–Crippen MR) is 93.9 cm³/mol. The first kappa shape index (κ1) is 18.4. The minimum atomic E-state index is -1.19. The van der Waals surface area contributed by atoms with E-state index >= 15 is 0 Å². The van der Waals surface area contributed by atoms with Crippen LogP contribution in [0.4, 0.5) is 8.78 Å². The second-order valence-corrected chi connectivity index (χ2v) is 6.00. The number of amides is 2. The first-order valence-electron chi connectivity index (χ1n) is 8.08. The van der Waals surface area contributed by atoms with Gasteiger partial charge >= 0.3 is 0 Å². The highest BCUT2D eigenvalue weighted by atomic mass is 19.2. The molecule has 0 fully saturated rings. The summed E-state index contributed by atoms with van der Waals surface area (Å²) in [5, 5.41) is 9.87. The number of aryl methyl sites for hydroxylation is 2. The molecular formula is C18H17F2N5O2. The molecule has 1 atom stereocenters. The van der Waals surface area contributed by atoms with Crippen LogP contribution in [0.1, 0.15) is 27.7 Å². The molecule has 9 heteroatoms. The number of carbonyl (C=O) groups is 2. The number of hydrogen-bond donors (Lipinski definition) is 2. The van der Waals surface area contributed by atoms with Crippen LogP contribution in [0, 0.1) is 18.6 Å². The molecule has 2 N–H and O–H groups in total. The maximum absolute atomic E-state index is 13.5. The summed E-state index contributed by atoms with van der Waals surface area (Å²) in [6, 6.07) is 3.45. The van der Waals surface area contributed by atoms with Crippen LogP contribution in [0.2, 0.25) is 0 Å². The maximum atomic E-state index is 13.5. The molecule has 1 aromatic carbocycles. The minimum Gasteiger partial charge on any atom is -0.357 e. The zero-order chi connectivity index (χ0) is 19.7. The second-order valence-electron chi connectivity index (χ2n) is 6.00. The molecule has 0 saturated carbocycles. The average Bonchev–Trinajstić information content (AvgIpc) is 2.94. The number of nitrogens with zero attached hydrogens (tertiary/aromatic N) is 3. The molecule has 2 amide bonds. The van der Waals surface area contributed by atoms with Crippen molar-refractivity contribution in [3.8, 4) is 0 Å². The molecule has 3 aromatic rings. The number of benzene rings is 1. The van der Waals surface area contributed by atoms with Gasteiger partial charge in [-0.15, -0.1) is 0 Å². The highest BCUT2D eigenvalue weighted by Gasteiger charge is 2.24. The largest absolute Gasteiger partial charge is 0.357 e. The number of aromatic nitrogens is 3. The Bertz CT molecular complexity index is 1050. The smallest absolute Gasteiger partial charge is 0.253 e. The maximum Gasteiger partial charge on any atom is 0.253 e. The van der Waals surface area contributed by atoms with E-state index in [1.807, 2.05) is 0 Å². The summed E-state index contributed by atoms with van der Waals surface area (Å²) in [5.41, 5.74) is 1.66. The van der Waals surface area contributed by atoms with Crippen LogP contribution in [0.3, 0.4) is 0 Å². The lowest BCUT2D eigenvalue weighted by Gasteiger charge is -2.18. The molecular weight excluding hydrogens is 356 g/mol. The molecule has 3 rings (SSSR count). The number of carbonyl (C=O) groups excluding carboxylic acids is 2. The summed E-state index contributed by atoms with van der Waals surface area (Å²) in [7, 11) is 3.13.